The summed E-state index contributed by atoms with van der Waals surface area (Å²) < 4.78 is 39.5. The van der Waals surface area contributed by atoms with E-state index in [2.05, 4.69) is 9.88 Å². The van der Waals surface area contributed by atoms with Gasteiger partial charge >= 0.3 is 6.18 Å². The molecule has 1 saturated heterocycles. The number of halogens is 3. The fourth-order valence-corrected chi connectivity index (χ4v) is 2.11. The molecule has 1 fully saturated rings. The molecule has 3 nitrogen and oxygen atoms in total. The van der Waals surface area contributed by atoms with Crippen LogP contribution in [0.4, 0.5) is 13.2 Å². The molecule has 0 amide bonds. The van der Waals surface area contributed by atoms with Crippen molar-refractivity contribution in [3.05, 3.63) is 17.7 Å². The molecule has 0 radical (unpaired) electrons. The van der Waals surface area contributed by atoms with Crippen molar-refractivity contribution in [2.75, 3.05) is 20.1 Å². The van der Waals surface area contributed by atoms with Crippen LogP contribution in [-0.2, 0) is 6.18 Å². The van der Waals surface area contributed by atoms with Gasteiger partial charge in [-0.3, -0.25) is 0 Å². The number of likely N-dealkylation sites (tertiary alicyclic amines) is 1. The third kappa shape index (κ3) is 3.49. The molecular formula is C13H22F3N3. The van der Waals surface area contributed by atoms with Crippen molar-refractivity contribution in [3.63, 3.8) is 0 Å². The van der Waals surface area contributed by atoms with Gasteiger partial charge in [-0.05, 0) is 7.05 Å². The van der Waals surface area contributed by atoms with Crippen molar-refractivity contribution >= 4 is 0 Å². The number of hydrogen-bond acceptors (Lipinski definition) is 2. The van der Waals surface area contributed by atoms with Crippen molar-refractivity contribution in [1.82, 2.24) is 14.5 Å². The Hall–Kier alpha value is -1.04. The van der Waals surface area contributed by atoms with E-state index in [1.165, 1.54) is 0 Å². The molecule has 110 valence electrons. The Labute approximate surface area is 112 Å². The number of alkyl halides is 3. The average molecular weight is 277 g/mol. The molecule has 19 heavy (non-hydrogen) atoms. The van der Waals surface area contributed by atoms with Gasteiger partial charge in [0.1, 0.15) is 5.82 Å². The predicted octanol–water partition coefficient (Wildman–Crippen LogP) is 3.54. The summed E-state index contributed by atoms with van der Waals surface area (Å²) in [5.74, 6) is 0.521. The molecular weight excluding hydrogens is 255 g/mol. The van der Waals surface area contributed by atoms with Crippen LogP contribution in [0, 0.1) is 0 Å². The molecule has 1 aliphatic rings. The zero-order valence-corrected chi connectivity index (χ0v) is 12.1. The molecule has 1 aromatic rings. The number of hydrogen-bond donors (Lipinski definition) is 0. The van der Waals surface area contributed by atoms with Crippen molar-refractivity contribution in [2.45, 2.75) is 45.8 Å². The minimum absolute atomic E-state index is 0.00277. The Morgan fingerprint density at radius 2 is 1.79 bits per heavy atom. The molecule has 0 aliphatic carbocycles. The Morgan fingerprint density at radius 3 is 2.16 bits per heavy atom. The second-order valence-electron chi connectivity index (χ2n) is 4.92. The van der Waals surface area contributed by atoms with E-state index in [0.29, 0.717) is 5.82 Å². The molecule has 0 aromatic carbocycles. The Bertz CT molecular complexity index is 404. The van der Waals surface area contributed by atoms with Gasteiger partial charge in [-0.15, -0.1) is 0 Å². The highest BCUT2D eigenvalue weighted by Crippen LogP contribution is 2.32. The second kappa shape index (κ2) is 5.94. The Balaban J connectivity index is 0.000000861. The summed E-state index contributed by atoms with van der Waals surface area (Å²) in [6, 6.07) is 0.126. The zero-order chi connectivity index (χ0) is 14.8. The molecule has 2 heterocycles. The standard InChI is InChI=1S/C11H16F3N3.C2H6/c1-7(2)10-15-9(11(12,13)14)6-17(10)8-4-16(3)5-8;1-2/h6-8H,4-5H2,1-3H3;1-2H3. The lowest BCUT2D eigenvalue weighted by atomic mass is 10.1. The van der Waals surface area contributed by atoms with E-state index in [1.54, 1.807) is 4.57 Å². The maximum Gasteiger partial charge on any atom is 0.434 e. The first-order valence-corrected chi connectivity index (χ1v) is 6.63. The highest BCUT2D eigenvalue weighted by molar-refractivity contribution is 5.13. The summed E-state index contributed by atoms with van der Waals surface area (Å²) in [6.45, 7) is 9.30. The summed E-state index contributed by atoms with van der Waals surface area (Å²) in [4.78, 5) is 5.80. The molecule has 1 aliphatic heterocycles. The fourth-order valence-electron chi connectivity index (χ4n) is 2.11. The summed E-state index contributed by atoms with van der Waals surface area (Å²) >= 11 is 0. The van der Waals surface area contributed by atoms with E-state index in [9.17, 15) is 13.2 Å². The molecule has 1 aromatic heterocycles. The number of rotatable bonds is 2. The van der Waals surface area contributed by atoms with Gasteiger partial charge in [-0.2, -0.15) is 13.2 Å². The number of nitrogens with zero attached hydrogens (tertiary/aromatic N) is 3. The summed E-state index contributed by atoms with van der Waals surface area (Å²) in [5.41, 5.74) is -0.782. The maximum absolute atomic E-state index is 12.6. The van der Waals surface area contributed by atoms with E-state index >= 15 is 0 Å². The van der Waals surface area contributed by atoms with E-state index in [1.807, 2.05) is 34.7 Å². The van der Waals surface area contributed by atoms with Crippen LogP contribution in [0.25, 0.3) is 0 Å². The predicted molar refractivity (Wildman–Crippen MR) is 69.2 cm³/mol. The number of imidazole rings is 1. The first-order chi connectivity index (χ1) is 8.79. The first kappa shape index (κ1) is 16.0. The topological polar surface area (TPSA) is 21.1 Å². The van der Waals surface area contributed by atoms with Crippen LogP contribution in [0.5, 0.6) is 0 Å². The summed E-state index contributed by atoms with van der Waals surface area (Å²) in [7, 11) is 1.95. The SMILES string of the molecule is CC.CC(C)c1nc(C(F)(F)F)cn1C1CN(C)C1. The van der Waals surface area contributed by atoms with Crippen molar-refractivity contribution < 1.29 is 13.2 Å². The van der Waals surface area contributed by atoms with Crippen molar-refractivity contribution in [2.24, 2.45) is 0 Å². The van der Waals surface area contributed by atoms with Gasteiger partial charge < -0.3 is 9.47 Å². The summed E-state index contributed by atoms with van der Waals surface area (Å²) in [5, 5.41) is 0. The molecule has 0 N–H and O–H groups in total. The van der Waals surface area contributed by atoms with Crippen LogP contribution >= 0.6 is 0 Å². The normalized spacial score (nSPS) is 17.1. The highest BCUT2D eigenvalue weighted by Gasteiger charge is 2.37. The highest BCUT2D eigenvalue weighted by atomic mass is 19.4. The van der Waals surface area contributed by atoms with E-state index in [0.717, 1.165) is 19.3 Å². The molecule has 2 rings (SSSR count). The van der Waals surface area contributed by atoms with Gasteiger partial charge in [0.05, 0.1) is 6.04 Å². The van der Waals surface area contributed by atoms with Gasteiger partial charge in [0.2, 0.25) is 0 Å². The van der Waals surface area contributed by atoms with Crippen LogP contribution in [0.1, 0.15) is 51.2 Å². The van der Waals surface area contributed by atoms with Crippen LogP contribution in [0.3, 0.4) is 0 Å². The lowest BCUT2D eigenvalue weighted by molar-refractivity contribution is -0.141. The Morgan fingerprint density at radius 1 is 1.26 bits per heavy atom. The van der Waals surface area contributed by atoms with Gasteiger partial charge in [-0.1, -0.05) is 27.7 Å². The molecule has 0 saturated carbocycles. The van der Waals surface area contributed by atoms with E-state index in [-0.39, 0.29) is 12.0 Å². The quantitative estimate of drug-likeness (QED) is 0.824. The van der Waals surface area contributed by atoms with Crippen molar-refractivity contribution in [3.8, 4) is 0 Å². The second-order valence-corrected chi connectivity index (χ2v) is 4.92. The maximum atomic E-state index is 12.6. The average Bonchev–Trinajstić information content (AvgIpc) is 2.71. The van der Waals surface area contributed by atoms with Gasteiger partial charge in [0.15, 0.2) is 5.69 Å². The van der Waals surface area contributed by atoms with Gasteiger partial charge in [-0.25, -0.2) is 4.98 Å². The zero-order valence-electron chi connectivity index (χ0n) is 12.1. The van der Waals surface area contributed by atoms with Crippen molar-refractivity contribution in [1.29, 1.82) is 0 Å². The van der Waals surface area contributed by atoms with Crippen LogP contribution in [-0.4, -0.2) is 34.6 Å². The molecule has 0 bridgehead atoms. The molecule has 0 atom stereocenters. The Kier molecular flexibility index (Phi) is 5.01. The van der Waals surface area contributed by atoms with E-state index < -0.39 is 11.9 Å². The number of aromatic nitrogens is 2. The van der Waals surface area contributed by atoms with Crippen LogP contribution in [0.2, 0.25) is 0 Å². The lowest BCUT2D eigenvalue weighted by Gasteiger charge is -2.38. The smallest absolute Gasteiger partial charge is 0.328 e. The number of likely N-dealkylation sites (N-methyl/N-ethyl adjacent to an activating group) is 1. The molecule has 0 unspecified atom stereocenters. The largest absolute Gasteiger partial charge is 0.434 e. The third-order valence-electron chi connectivity index (χ3n) is 3.01. The first-order valence-electron chi connectivity index (χ1n) is 6.63. The minimum Gasteiger partial charge on any atom is -0.328 e. The van der Waals surface area contributed by atoms with Gasteiger partial charge in [0.25, 0.3) is 0 Å². The van der Waals surface area contributed by atoms with Crippen LogP contribution < -0.4 is 0 Å². The van der Waals surface area contributed by atoms with Gasteiger partial charge in [0, 0.05) is 25.2 Å². The molecule has 6 heteroatoms. The fraction of sp³-hybridized carbons (Fsp3) is 0.769. The van der Waals surface area contributed by atoms with E-state index in [4.69, 9.17) is 0 Å². The molecule has 0 spiro atoms. The lowest BCUT2D eigenvalue weighted by Crippen LogP contribution is -2.45. The minimum atomic E-state index is -4.36. The third-order valence-corrected chi connectivity index (χ3v) is 3.01. The monoisotopic (exact) mass is 277 g/mol. The van der Waals surface area contributed by atoms with Crippen LogP contribution in [0.15, 0.2) is 6.20 Å². The summed E-state index contributed by atoms with van der Waals surface area (Å²) in [6.07, 6.45) is -3.21.